The average Bonchev–Trinajstić information content (AvgIpc) is 3.01. The molecule has 2 fully saturated rings. The van der Waals surface area contributed by atoms with Crippen molar-refractivity contribution in [2.24, 2.45) is 23.7 Å². The molecule has 0 radical (unpaired) electrons. The van der Waals surface area contributed by atoms with Crippen LogP contribution < -0.4 is 4.72 Å². The molecular formula is C14H25NO3S. The molecule has 3 atom stereocenters. The topological polar surface area (TPSA) is 63.2 Å². The van der Waals surface area contributed by atoms with E-state index in [1.807, 2.05) is 13.8 Å². The summed E-state index contributed by atoms with van der Waals surface area (Å²) in [6.07, 6.45) is 5.12. The van der Waals surface area contributed by atoms with Crippen molar-refractivity contribution in [3.05, 3.63) is 0 Å². The van der Waals surface area contributed by atoms with E-state index in [1.54, 1.807) is 6.92 Å². The van der Waals surface area contributed by atoms with E-state index in [-0.39, 0.29) is 11.8 Å². The molecule has 2 aliphatic rings. The Kier molecular flexibility index (Phi) is 4.23. The molecule has 0 spiro atoms. The first-order chi connectivity index (χ1) is 8.83. The highest BCUT2D eigenvalue weighted by Crippen LogP contribution is 2.55. The molecule has 2 rings (SSSR count). The lowest BCUT2D eigenvalue weighted by Crippen LogP contribution is -2.38. The van der Waals surface area contributed by atoms with E-state index in [1.165, 1.54) is 12.8 Å². The first-order valence-corrected chi connectivity index (χ1v) is 8.93. The minimum absolute atomic E-state index is 0.0384. The number of carbonyl (C=O) groups excluding carboxylic acids is 1. The van der Waals surface area contributed by atoms with Gasteiger partial charge in [-0.05, 0) is 43.9 Å². The average molecular weight is 287 g/mol. The number of hydrogen-bond donors (Lipinski definition) is 1. The standard InChI is InChI=1S/C14H25NO3S/c1-9(2)8-10(3)19(17,18)15-14(16)13-11-6-4-5-7-12(11)13/h9-13H,4-8H2,1-3H3,(H,15,16). The van der Waals surface area contributed by atoms with Crippen LogP contribution >= 0.6 is 0 Å². The highest BCUT2D eigenvalue weighted by molar-refractivity contribution is 7.90. The van der Waals surface area contributed by atoms with Gasteiger partial charge in [0.25, 0.3) is 0 Å². The minimum atomic E-state index is -3.50. The molecule has 0 bridgehead atoms. The van der Waals surface area contributed by atoms with E-state index in [9.17, 15) is 13.2 Å². The maximum Gasteiger partial charge on any atom is 0.237 e. The van der Waals surface area contributed by atoms with E-state index in [0.717, 1.165) is 12.8 Å². The molecule has 1 N–H and O–H groups in total. The molecule has 0 aromatic rings. The molecule has 0 saturated heterocycles. The third-order valence-corrected chi connectivity index (χ3v) is 6.27. The quantitative estimate of drug-likeness (QED) is 0.844. The molecular weight excluding hydrogens is 262 g/mol. The van der Waals surface area contributed by atoms with Gasteiger partial charge in [-0.2, -0.15) is 0 Å². The summed E-state index contributed by atoms with van der Waals surface area (Å²) < 4.78 is 26.5. The fraction of sp³-hybridized carbons (Fsp3) is 0.929. The van der Waals surface area contributed by atoms with Crippen molar-refractivity contribution >= 4 is 15.9 Å². The predicted molar refractivity (Wildman–Crippen MR) is 74.9 cm³/mol. The third-order valence-electron chi connectivity index (χ3n) is 4.54. The Morgan fingerprint density at radius 3 is 2.16 bits per heavy atom. The lowest BCUT2D eigenvalue weighted by Gasteiger charge is -2.15. The molecule has 0 aromatic carbocycles. The number of nitrogens with one attached hydrogen (secondary N) is 1. The maximum absolute atomic E-state index is 12.1. The second-order valence-corrected chi connectivity index (χ2v) is 8.69. The number of carbonyl (C=O) groups is 1. The fourth-order valence-electron chi connectivity index (χ4n) is 3.48. The number of hydrogen-bond acceptors (Lipinski definition) is 3. The largest absolute Gasteiger partial charge is 0.274 e. The van der Waals surface area contributed by atoms with Gasteiger partial charge in [0.05, 0.1) is 5.25 Å². The van der Waals surface area contributed by atoms with Gasteiger partial charge in [-0.25, -0.2) is 8.42 Å². The normalized spacial score (nSPS) is 31.7. The third kappa shape index (κ3) is 3.30. The molecule has 0 aromatic heterocycles. The molecule has 4 nitrogen and oxygen atoms in total. The van der Waals surface area contributed by atoms with Crippen molar-refractivity contribution < 1.29 is 13.2 Å². The summed E-state index contributed by atoms with van der Waals surface area (Å²) in [4.78, 5) is 12.1. The van der Waals surface area contributed by atoms with Crippen molar-refractivity contribution in [2.75, 3.05) is 0 Å². The molecule has 19 heavy (non-hydrogen) atoms. The van der Waals surface area contributed by atoms with Crippen molar-refractivity contribution in [1.82, 2.24) is 4.72 Å². The number of sulfonamides is 1. The molecule has 1 amide bonds. The highest BCUT2D eigenvalue weighted by atomic mass is 32.2. The fourth-order valence-corrected chi connectivity index (χ4v) is 4.74. The molecule has 2 aliphatic carbocycles. The number of amides is 1. The summed E-state index contributed by atoms with van der Waals surface area (Å²) >= 11 is 0. The van der Waals surface area contributed by atoms with Gasteiger partial charge < -0.3 is 0 Å². The lowest BCUT2D eigenvalue weighted by molar-refractivity contribution is -0.121. The second kappa shape index (κ2) is 5.43. The van der Waals surface area contributed by atoms with E-state index in [0.29, 0.717) is 24.2 Å². The molecule has 110 valence electrons. The Balaban J connectivity index is 1.91. The summed E-state index contributed by atoms with van der Waals surface area (Å²) in [6, 6.07) is 0. The van der Waals surface area contributed by atoms with Crippen LogP contribution in [0.5, 0.6) is 0 Å². The van der Waals surface area contributed by atoms with Crippen molar-refractivity contribution in [1.29, 1.82) is 0 Å². The molecule has 0 aliphatic heterocycles. The Morgan fingerprint density at radius 1 is 1.16 bits per heavy atom. The van der Waals surface area contributed by atoms with E-state index in [2.05, 4.69) is 4.72 Å². The zero-order valence-electron chi connectivity index (χ0n) is 12.1. The van der Waals surface area contributed by atoms with Crippen LogP contribution in [0.15, 0.2) is 0 Å². The smallest absolute Gasteiger partial charge is 0.237 e. The van der Waals surface area contributed by atoms with Crippen LogP contribution in [0.1, 0.15) is 52.9 Å². The summed E-state index contributed by atoms with van der Waals surface area (Å²) in [5.74, 6) is 0.912. The van der Waals surface area contributed by atoms with Crippen LogP contribution in [0.4, 0.5) is 0 Å². The van der Waals surface area contributed by atoms with Gasteiger partial charge in [0.15, 0.2) is 0 Å². The van der Waals surface area contributed by atoms with Crippen molar-refractivity contribution in [3.8, 4) is 0 Å². The molecule has 0 heterocycles. The van der Waals surface area contributed by atoms with Crippen LogP contribution in [-0.4, -0.2) is 19.6 Å². The van der Waals surface area contributed by atoms with Gasteiger partial charge in [-0.3, -0.25) is 9.52 Å². The summed E-state index contributed by atoms with van der Waals surface area (Å²) in [5.41, 5.74) is 0. The van der Waals surface area contributed by atoms with Crippen molar-refractivity contribution in [3.63, 3.8) is 0 Å². The Morgan fingerprint density at radius 2 is 1.68 bits per heavy atom. The predicted octanol–water partition coefficient (Wildman–Crippen LogP) is 2.30. The van der Waals surface area contributed by atoms with Crippen LogP contribution in [-0.2, 0) is 14.8 Å². The molecule has 5 heteroatoms. The maximum atomic E-state index is 12.1. The van der Waals surface area contributed by atoms with Gasteiger partial charge in [-0.1, -0.05) is 26.7 Å². The van der Waals surface area contributed by atoms with Gasteiger partial charge >= 0.3 is 0 Å². The first-order valence-electron chi connectivity index (χ1n) is 7.38. The monoisotopic (exact) mass is 287 g/mol. The molecule has 2 saturated carbocycles. The zero-order chi connectivity index (χ0) is 14.2. The highest BCUT2D eigenvalue weighted by Gasteiger charge is 2.55. The molecule has 3 unspecified atom stereocenters. The zero-order valence-corrected chi connectivity index (χ0v) is 12.9. The van der Waals surface area contributed by atoms with Crippen LogP contribution in [0.25, 0.3) is 0 Å². The van der Waals surface area contributed by atoms with Gasteiger partial charge in [0, 0.05) is 5.92 Å². The SMILES string of the molecule is CC(C)CC(C)S(=O)(=O)NC(=O)C1C2CCCCC21. The summed E-state index contributed by atoms with van der Waals surface area (Å²) in [6.45, 7) is 5.65. The van der Waals surface area contributed by atoms with E-state index in [4.69, 9.17) is 0 Å². The van der Waals surface area contributed by atoms with E-state index < -0.39 is 15.3 Å². The Labute approximate surface area is 116 Å². The first kappa shape index (κ1) is 14.8. The summed E-state index contributed by atoms with van der Waals surface area (Å²) in [7, 11) is -3.50. The van der Waals surface area contributed by atoms with Crippen LogP contribution in [0.2, 0.25) is 0 Å². The number of fused-ring (bicyclic) bond motifs is 1. The minimum Gasteiger partial charge on any atom is -0.274 e. The second-order valence-electron chi connectivity index (χ2n) is 6.59. The van der Waals surface area contributed by atoms with Crippen molar-refractivity contribution in [2.45, 2.75) is 58.1 Å². The van der Waals surface area contributed by atoms with Crippen LogP contribution in [0.3, 0.4) is 0 Å². The Hall–Kier alpha value is -0.580. The summed E-state index contributed by atoms with van der Waals surface area (Å²) in [5, 5.41) is -0.503. The van der Waals surface area contributed by atoms with Crippen LogP contribution in [0, 0.1) is 23.7 Å². The van der Waals surface area contributed by atoms with Gasteiger partial charge in [0.2, 0.25) is 15.9 Å². The van der Waals surface area contributed by atoms with Gasteiger partial charge in [0.1, 0.15) is 0 Å². The Bertz CT molecular complexity index is 432. The lowest BCUT2D eigenvalue weighted by atomic mass is 10.0. The van der Waals surface area contributed by atoms with Gasteiger partial charge in [-0.15, -0.1) is 0 Å². The van der Waals surface area contributed by atoms with E-state index >= 15 is 0 Å². The number of rotatable bonds is 5.